The van der Waals surface area contributed by atoms with Crippen LogP contribution in [0.4, 0.5) is 8.78 Å². The lowest BCUT2D eigenvalue weighted by atomic mass is 10.0. The number of aliphatic hydroxyl groups excluding tert-OH is 1. The second-order valence-corrected chi connectivity index (χ2v) is 3.07. The van der Waals surface area contributed by atoms with Gasteiger partial charge in [-0.05, 0) is 24.3 Å². The highest BCUT2D eigenvalue weighted by Gasteiger charge is 2.41. The van der Waals surface area contributed by atoms with Crippen molar-refractivity contribution in [3.8, 4) is 5.75 Å². The van der Waals surface area contributed by atoms with Crippen molar-refractivity contribution in [1.29, 1.82) is 0 Å². The summed E-state index contributed by atoms with van der Waals surface area (Å²) in [6.07, 6.45) is -2.87. The van der Waals surface area contributed by atoms with E-state index in [1.807, 2.05) is 0 Å². The Morgan fingerprint density at radius 3 is 2.31 bits per heavy atom. The van der Waals surface area contributed by atoms with Crippen molar-refractivity contribution < 1.29 is 28.5 Å². The number of carboxylic acid groups (broad SMARTS) is 1. The van der Waals surface area contributed by atoms with E-state index in [0.717, 1.165) is 12.1 Å². The minimum absolute atomic E-state index is 0.350. The lowest BCUT2D eigenvalue weighted by molar-refractivity contribution is -0.325. The molecular weight excluding hydrogens is 222 g/mol. The van der Waals surface area contributed by atoms with Crippen LogP contribution in [0, 0.1) is 0 Å². The summed E-state index contributed by atoms with van der Waals surface area (Å²) in [4.78, 5) is 10.2. The van der Waals surface area contributed by atoms with Gasteiger partial charge >= 0.3 is 5.92 Å². The standard InChI is InChI=1S/C10H10F2O4/c1-16-7-4-2-6(3-5-7)10(11,12)8(13)9(14)15/h2-5,8,13H,1H3,(H,14,15)/p-1/t8-/m0/s1. The highest BCUT2D eigenvalue weighted by molar-refractivity contribution is 5.71. The number of carboxylic acids is 1. The van der Waals surface area contributed by atoms with Crippen molar-refractivity contribution in [1.82, 2.24) is 0 Å². The van der Waals surface area contributed by atoms with Gasteiger partial charge in [0.15, 0.2) is 6.10 Å². The zero-order valence-electron chi connectivity index (χ0n) is 8.31. The molecule has 1 atom stereocenters. The fourth-order valence-electron chi connectivity index (χ4n) is 1.12. The number of rotatable bonds is 4. The van der Waals surface area contributed by atoms with Gasteiger partial charge < -0.3 is 19.7 Å². The average molecular weight is 231 g/mol. The normalized spacial score (nSPS) is 13.2. The Kier molecular flexibility index (Phi) is 3.44. The topological polar surface area (TPSA) is 69.6 Å². The van der Waals surface area contributed by atoms with E-state index in [4.69, 9.17) is 9.84 Å². The van der Waals surface area contributed by atoms with Crippen LogP contribution in [0.15, 0.2) is 24.3 Å². The zero-order chi connectivity index (χ0) is 12.3. The molecule has 0 fully saturated rings. The van der Waals surface area contributed by atoms with Gasteiger partial charge in [-0.25, -0.2) is 0 Å². The number of aliphatic carboxylic acids is 1. The molecule has 88 valence electrons. The molecule has 1 aromatic rings. The summed E-state index contributed by atoms with van der Waals surface area (Å²) >= 11 is 0. The Hall–Kier alpha value is -1.69. The molecule has 0 saturated heterocycles. The molecule has 4 nitrogen and oxygen atoms in total. The van der Waals surface area contributed by atoms with Gasteiger partial charge in [-0.2, -0.15) is 8.78 Å². The first-order valence-corrected chi connectivity index (χ1v) is 4.31. The third kappa shape index (κ3) is 2.27. The largest absolute Gasteiger partial charge is 0.547 e. The average Bonchev–Trinajstić information content (AvgIpc) is 2.28. The van der Waals surface area contributed by atoms with Crippen molar-refractivity contribution in [2.45, 2.75) is 12.0 Å². The molecule has 0 aliphatic rings. The monoisotopic (exact) mass is 231 g/mol. The van der Waals surface area contributed by atoms with Gasteiger partial charge in [0, 0.05) is 5.56 Å². The fraction of sp³-hybridized carbons (Fsp3) is 0.300. The lowest BCUT2D eigenvalue weighted by Gasteiger charge is -2.23. The maximum absolute atomic E-state index is 13.3. The summed E-state index contributed by atoms with van der Waals surface area (Å²) in [6.45, 7) is 0. The summed E-state index contributed by atoms with van der Waals surface area (Å²) in [5.74, 6) is -5.77. The van der Waals surface area contributed by atoms with Gasteiger partial charge in [0.2, 0.25) is 0 Å². The molecule has 1 N–H and O–H groups in total. The Morgan fingerprint density at radius 1 is 1.44 bits per heavy atom. The Balaban J connectivity index is 3.02. The number of ether oxygens (including phenoxy) is 1. The van der Waals surface area contributed by atoms with E-state index in [-0.39, 0.29) is 0 Å². The van der Waals surface area contributed by atoms with Crippen LogP contribution in [0.5, 0.6) is 5.75 Å². The maximum atomic E-state index is 13.3. The summed E-state index contributed by atoms with van der Waals surface area (Å²) in [5.41, 5.74) is -0.620. The Morgan fingerprint density at radius 2 is 1.94 bits per heavy atom. The van der Waals surface area contributed by atoms with Crippen LogP contribution in [-0.2, 0) is 10.7 Å². The van der Waals surface area contributed by atoms with E-state index in [9.17, 15) is 18.7 Å². The van der Waals surface area contributed by atoms with Gasteiger partial charge in [-0.1, -0.05) is 0 Å². The zero-order valence-corrected chi connectivity index (χ0v) is 8.31. The number of carbonyl (C=O) groups excluding carboxylic acids is 1. The Labute approximate surface area is 90.1 Å². The van der Waals surface area contributed by atoms with Crippen LogP contribution in [-0.4, -0.2) is 24.3 Å². The van der Waals surface area contributed by atoms with Gasteiger partial charge in [0.1, 0.15) is 5.75 Å². The highest BCUT2D eigenvalue weighted by atomic mass is 19.3. The third-order valence-corrected chi connectivity index (χ3v) is 2.04. The van der Waals surface area contributed by atoms with Crippen molar-refractivity contribution in [2.75, 3.05) is 7.11 Å². The van der Waals surface area contributed by atoms with Gasteiger partial charge in [0.25, 0.3) is 0 Å². The predicted molar refractivity (Wildman–Crippen MR) is 47.9 cm³/mol. The van der Waals surface area contributed by atoms with Crippen molar-refractivity contribution >= 4 is 5.97 Å². The van der Waals surface area contributed by atoms with Crippen LogP contribution in [0.3, 0.4) is 0 Å². The molecule has 0 spiro atoms. The van der Waals surface area contributed by atoms with Gasteiger partial charge in [0.05, 0.1) is 13.1 Å². The first kappa shape index (κ1) is 12.4. The number of benzene rings is 1. The maximum Gasteiger partial charge on any atom is 0.303 e. The number of hydrogen-bond donors (Lipinski definition) is 1. The first-order valence-electron chi connectivity index (χ1n) is 4.31. The fourth-order valence-corrected chi connectivity index (χ4v) is 1.12. The predicted octanol–water partition coefficient (Wildman–Crippen LogP) is -0.102. The molecule has 0 heterocycles. The lowest BCUT2D eigenvalue weighted by Crippen LogP contribution is -2.45. The van der Waals surface area contributed by atoms with Crippen LogP contribution in [0.2, 0.25) is 0 Å². The third-order valence-electron chi connectivity index (χ3n) is 2.04. The van der Waals surface area contributed by atoms with Crippen LogP contribution in [0.1, 0.15) is 5.56 Å². The summed E-state index contributed by atoms with van der Waals surface area (Å²) in [6, 6.07) is 4.44. The SMILES string of the molecule is COc1ccc(C(F)(F)[C@@H](O)C(=O)[O-])cc1. The number of hydrogen-bond acceptors (Lipinski definition) is 4. The molecule has 0 aromatic heterocycles. The minimum atomic E-state index is -3.90. The number of halogens is 2. The van der Waals surface area contributed by atoms with E-state index >= 15 is 0 Å². The number of methoxy groups -OCH3 is 1. The van der Waals surface area contributed by atoms with Crippen molar-refractivity contribution in [2.24, 2.45) is 0 Å². The van der Waals surface area contributed by atoms with Crippen LogP contribution in [0.25, 0.3) is 0 Å². The quantitative estimate of drug-likeness (QED) is 0.785. The van der Waals surface area contributed by atoms with E-state index in [1.54, 1.807) is 0 Å². The number of alkyl halides is 2. The molecule has 0 bridgehead atoms. The summed E-state index contributed by atoms with van der Waals surface area (Å²) in [7, 11) is 1.36. The molecule has 0 saturated carbocycles. The molecule has 1 aromatic carbocycles. The number of carbonyl (C=O) groups is 1. The smallest absolute Gasteiger partial charge is 0.303 e. The molecule has 0 aliphatic heterocycles. The Bertz CT molecular complexity index is 375. The first-order chi connectivity index (χ1) is 7.39. The number of aliphatic hydroxyl groups is 1. The van der Waals surface area contributed by atoms with E-state index < -0.39 is 23.6 Å². The van der Waals surface area contributed by atoms with Crippen LogP contribution < -0.4 is 9.84 Å². The summed E-state index contributed by atoms with van der Waals surface area (Å²) in [5, 5.41) is 19.0. The van der Waals surface area contributed by atoms with Crippen LogP contribution >= 0.6 is 0 Å². The second-order valence-electron chi connectivity index (χ2n) is 3.07. The molecule has 16 heavy (non-hydrogen) atoms. The summed E-state index contributed by atoms with van der Waals surface area (Å²) < 4.78 is 31.4. The molecule has 6 heteroatoms. The molecular formula is C10H9F2O4-. The molecule has 1 rings (SSSR count). The van der Waals surface area contributed by atoms with Gasteiger partial charge in [-0.15, -0.1) is 0 Å². The van der Waals surface area contributed by atoms with Crippen molar-refractivity contribution in [3.63, 3.8) is 0 Å². The van der Waals surface area contributed by atoms with E-state index in [1.165, 1.54) is 19.2 Å². The minimum Gasteiger partial charge on any atom is -0.547 e. The molecule has 0 unspecified atom stereocenters. The molecule has 0 amide bonds. The van der Waals surface area contributed by atoms with E-state index in [2.05, 4.69) is 0 Å². The van der Waals surface area contributed by atoms with E-state index in [0.29, 0.717) is 5.75 Å². The second kappa shape index (κ2) is 4.44. The van der Waals surface area contributed by atoms with Crippen molar-refractivity contribution in [3.05, 3.63) is 29.8 Å². The molecule has 0 aliphatic carbocycles. The van der Waals surface area contributed by atoms with Gasteiger partial charge in [-0.3, -0.25) is 0 Å². The molecule has 0 radical (unpaired) electrons. The highest BCUT2D eigenvalue weighted by Crippen LogP contribution is 2.32.